The Bertz CT molecular complexity index is 486. The highest BCUT2D eigenvalue weighted by molar-refractivity contribution is 5.83. The zero-order chi connectivity index (χ0) is 11.0. The average molecular weight is 209 g/mol. The first kappa shape index (κ1) is 10.1. The second kappa shape index (κ2) is 3.65. The molecule has 0 fully saturated rings. The lowest BCUT2D eigenvalue weighted by Gasteiger charge is -2.02. The molecule has 0 spiro atoms. The van der Waals surface area contributed by atoms with Crippen LogP contribution < -0.4 is 0 Å². The van der Waals surface area contributed by atoms with Gasteiger partial charge in [-0.15, -0.1) is 0 Å². The Labute approximate surface area is 87.1 Å². The van der Waals surface area contributed by atoms with Gasteiger partial charge < -0.3 is 4.98 Å². The first-order valence-corrected chi connectivity index (χ1v) is 5.03. The SMILES string of the molecule is CC(C)Cc1c[nH]c2c(F)cc(F)cc12. The smallest absolute Gasteiger partial charge is 0.150 e. The van der Waals surface area contributed by atoms with E-state index in [4.69, 9.17) is 0 Å². The molecule has 2 aromatic rings. The van der Waals surface area contributed by atoms with Crippen LogP contribution in [0.15, 0.2) is 18.3 Å². The van der Waals surface area contributed by atoms with Crippen molar-refractivity contribution in [2.24, 2.45) is 5.92 Å². The average Bonchev–Trinajstić information content (AvgIpc) is 2.48. The van der Waals surface area contributed by atoms with E-state index in [1.165, 1.54) is 6.07 Å². The summed E-state index contributed by atoms with van der Waals surface area (Å²) in [5.41, 5.74) is 1.37. The van der Waals surface area contributed by atoms with E-state index in [0.717, 1.165) is 18.1 Å². The second-order valence-electron chi connectivity index (χ2n) is 4.22. The van der Waals surface area contributed by atoms with E-state index in [2.05, 4.69) is 18.8 Å². The highest BCUT2D eigenvalue weighted by Gasteiger charge is 2.10. The third kappa shape index (κ3) is 1.87. The van der Waals surface area contributed by atoms with Crippen molar-refractivity contribution in [3.05, 3.63) is 35.5 Å². The zero-order valence-electron chi connectivity index (χ0n) is 8.77. The molecular formula is C12H13F2N. The molecule has 0 saturated carbocycles. The van der Waals surface area contributed by atoms with Gasteiger partial charge in [0.15, 0.2) is 0 Å². The molecule has 0 aliphatic rings. The third-order valence-electron chi connectivity index (χ3n) is 2.42. The molecule has 1 aromatic carbocycles. The Morgan fingerprint density at radius 1 is 1.27 bits per heavy atom. The number of aromatic nitrogens is 1. The van der Waals surface area contributed by atoms with Crippen LogP contribution in [0, 0.1) is 17.6 Å². The monoisotopic (exact) mass is 209 g/mol. The minimum Gasteiger partial charge on any atom is -0.359 e. The standard InChI is InChI=1S/C12H13F2N/c1-7(2)3-8-6-15-12-10(8)4-9(13)5-11(12)14/h4-7,15H,3H2,1-2H3. The summed E-state index contributed by atoms with van der Waals surface area (Å²) in [5.74, 6) is -0.583. The van der Waals surface area contributed by atoms with Gasteiger partial charge in [0.2, 0.25) is 0 Å². The van der Waals surface area contributed by atoms with Gasteiger partial charge >= 0.3 is 0 Å². The fourth-order valence-electron chi connectivity index (χ4n) is 1.82. The first-order valence-electron chi connectivity index (χ1n) is 5.03. The summed E-state index contributed by atoms with van der Waals surface area (Å²) in [6.45, 7) is 4.16. The molecule has 3 heteroatoms. The number of hydrogen-bond acceptors (Lipinski definition) is 0. The normalized spacial score (nSPS) is 11.5. The number of benzene rings is 1. The van der Waals surface area contributed by atoms with Crippen molar-refractivity contribution in [2.45, 2.75) is 20.3 Å². The summed E-state index contributed by atoms with van der Waals surface area (Å²) >= 11 is 0. The summed E-state index contributed by atoms with van der Waals surface area (Å²) in [6.07, 6.45) is 2.58. The lowest BCUT2D eigenvalue weighted by Crippen LogP contribution is -1.92. The van der Waals surface area contributed by atoms with E-state index in [9.17, 15) is 8.78 Å². The van der Waals surface area contributed by atoms with Crippen LogP contribution in [0.1, 0.15) is 19.4 Å². The van der Waals surface area contributed by atoms with E-state index in [1.807, 2.05) is 0 Å². The van der Waals surface area contributed by atoms with Crippen molar-refractivity contribution < 1.29 is 8.78 Å². The molecule has 0 radical (unpaired) electrons. The highest BCUT2D eigenvalue weighted by atomic mass is 19.1. The minimum absolute atomic E-state index is 0.395. The summed E-state index contributed by atoms with van der Waals surface area (Å²) in [6, 6.07) is 2.28. The van der Waals surface area contributed by atoms with Gasteiger partial charge in [-0.3, -0.25) is 0 Å². The number of rotatable bonds is 2. The van der Waals surface area contributed by atoms with Gasteiger partial charge in [0.05, 0.1) is 5.52 Å². The molecule has 0 aliphatic carbocycles. The van der Waals surface area contributed by atoms with Crippen LogP contribution in [0.5, 0.6) is 0 Å². The number of nitrogens with one attached hydrogen (secondary N) is 1. The Balaban J connectivity index is 2.58. The third-order valence-corrected chi connectivity index (χ3v) is 2.42. The second-order valence-corrected chi connectivity index (χ2v) is 4.22. The van der Waals surface area contributed by atoms with Crippen molar-refractivity contribution >= 4 is 10.9 Å². The molecule has 1 N–H and O–H groups in total. The van der Waals surface area contributed by atoms with Crippen LogP contribution in [0.3, 0.4) is 0 Å². The van der Waals surface area contributed by atoms with Crippen LogP contribution >= 0.6 is 0 Å². The van der Waals surface area contributed by atoms with E-state index in [0.29, 0.717) is 16.8 Å². The largest absolute Gasteiger partial charge is 0.359 e. The Kier molecular flexibility index (Phi) is 2.47. The van der Waals surface area contributed by atoms with Gasteiger partial charge in [-0.05, 0) is 24.0 Å². The van der Waals surface area contributed by atoms with Crippen LogP contribution in [0.4, 0.5) is 8.78 Å². The van der Waals surface area contributed by atoms with Gasteiger partial charge in [0.25, 0.3) is 0 Å². The van der Waals surface area contributed by atoms with E-state index in [-0.39, 0.29) is 0 Å². The highest BCUT2D eigenvalue weighted by Crippen LogP contribution is 2.24. The first-order chi connectivity index (χ1) is 7.08. The summed E-state index contributed by atoms with van der Waals surface area (Å²) in [5, 5.41) is 0.654. The summed E-state index contributed by atoms with van der Waals surface area (Å²) < 4.78 is 26.4. The predicted molar refractivity (Wildman–Crippen MR) is 56.8 cm³/mol. The van der Waals surface area contributed by atoms with Crippen LogP contribution in [-0.2, 0) is 6.42 Å². The van der Waals surface area contributed by atoms with Crippen molar-refractivity contribution in [1.29, 1.82) is 0 Å². The molecule has 0 atom stereocenters. The molecule has 1 nitrogen and oxygen atoms in total. The van der Waals surface area contributed by atoms with Crippen LogP contribution in [-0.4, -0.2) is 4.98 Å². The van der Waals surface area contributed by atoms with Crippen LogP contribution in [0.25, 0.3) is 10.9 Å². The maximum Gasteiger partial charge on any atom is 0.150 e. The molecule has 0 amide bonds. The zero-order valence-corrected chi connectivity index (χ0v) is 8.77. The Hall–Kier alpha value is -1.38. The van der Waals surface area contributed by atoms with E-state index >= 15 is 0 Å². The summed E-state index contributed by atoms with van der Waals surface area (Å²) in [4.78, 5) is 2.85. The minimum atomic E-state index is -0.528. The number of hydrogen-bond donors (Lipinski definition) is 1. The molecule has 15 heavy (non-hydrogen) atoms. The van der Waals surface area contributed by atoms with Crippen molar-refractivity contribution in [3.8, 4) is 0 Å². The summed E-state index contributed by atoms with van der Waals surface area (Å²) in [7, 11) is 0. The topological polar surface area (TPSA) is 15.8 Å². The predicted octanol–water partition coefficient (Wildman–Crippen LogP) is 3.64. The van der Waals surface area contributed by atoms with Gasteiger partial charge in [-0.25, -0.2) is 8.78 Å². The molecule has 0 bridgehead atoms. The molecule has 80 valence electrons. The number of halogens is 2. The van der Waals surface area contributed by atoms with Gasteiger partial charge in [0, 0.05) is 17.6 Å². The lowest BCUT2D eigenvalue weighted by molar-refractivity contribution is 0.590. The van der Waals surface area contributed by atoms with Crippen LogP contribution in [0.2, 0.25) is 0 Å². The molecule has 1 heterocycles. The van der Waals surface area contributed by atoms with Gasteiger partial charge in [-0.2, -0.15) is 0 Å². The van der Waals surface area contributed by atoms with Crippen molar-refractivity contribution in [3.63, 3.8) is 0 Å². The van der Waals surface area contributed by atoms with E-state index < -0.39 is 11.6 Å². The van der Waals surface area contributed by atoms with E-state index in [1.54, 1.807) is 6.20 Å². The number of H-pyrrole nitrogens is 1. The molecule has 1 aromatic heterocycles. The van der Waals surface area contributed by atoms with Gasteiger partial charge in [0.1, 0.15) is 11.6 Å². The molecule has 2 rings (SSSR count). The fourth-order valence-corrected chi connectivity index (χ4v) is 1.82. The number of aromatic amines is 1. The molecular weight excluding hydrogens is 196 g/mol. The fraction of sp³-hybridized carbons (Fsp3) is 0.333. The molecule has 0 aliphatic heterocycles. The maximum atomic E-state index is 13.3. The maximum absolute atomic E-state index is 13.3. The van der Waals surface area contributed by atoms with Gasteiger partial charge in [-0.1, -0.05) is 13.8 Å². The Morgan fingerprint density at radius 2 is 2.00 bits per heavy atom. The van der Waals surface area contributed by atoms with Crippen molar-refractivity contribution in [1.82, 2.24) is 4.98 Å². The lowest BCUT2D eigenvalue weighted by atomic mass is 10.0. The number of fused-ring (bicyclic) bond motifs is 1. The van der Waals surface area contributed by atoms with Crippen molar-refractivity contribution in [2.75, 3.05) is 0 Å². The molecule has 0 unspecified atom stereocenters. The molecule has 0 saturated heterocycles. The quantitative estimate of drug-likeness (QED) is 0.777. The Morgan fingerprint density at radius 3 is 2.67 bits per heavy atom.